The van der Waals surface area contributed by atoms with Gasteiger partial charge in [-0.2, -0.15) is 0 Å². The highest BCUT2D eigenvalue weighted by Gasteiger charge is 2.33. The number of methoxy groups -OCH3 is 2. The highest BCUT2D eigenvalue weighted by atomic mass is 16.5. The monoisotopic (exact) mass is 378 g/mol. The molecule has 0 spiro atoms. The molecule has 2 aromatic rings. The van der Waals surface area contributed by atoms with Crippen LogP contribution in [0.15, 0.2) is 47.6 Å². The number of carbonyl (C=O) groups excluding carboxylic acids is 1. The number of benzene rings is 2. The van der Waals surface area contributed by atoms with E-state index >= 15 is 0 Å². The smallest absolute Gasteiger partial charge is 0.335 e. The highest BCUT2D eigenvalue weighted by molar-refractivity contribution is 6.05. The molecule has 0 saturated heterocycles. The number of carbonyl (C=O) groups is 2. The quantitative estimate of drug-likeness (QED) is 0.881. The first kappa shape index (κ1) is 17.8. The summed E-state index contributed by atoms with van der Waals surface area (Å²) >= 11 is 0. The highest BCUT2D eigenvalue weighted by Crippen LogP contribution is 2.39. The maximum atomic E-state index is 13.1. The Morgan fingerprint density at radius 2 is 1.82 bits per heavy atom. The molecule has 0 aromatic heterocycles. The van der Waals surface area contributed by atoms with Crippen LogP contribution in [-0.2, 0) is 0 Å². The van der Waals surface area contributed by atoms with Crippen LogP contribution in [0, 0.1) is 0 Å². The second kappa shape index (κ2) is 6.84. The third-order valence-corrected chi connectivity index (χ3v) is 4.94. The first-order chi connectivity index (χ1) is 13.5. The molecule has 0 bridgehead atoms. The van der Waals surface area contributed by atoms with E-state index in [0.29, 0.717) is 29.2 Å². The Morgan fingerprint density at radius 3 is 2.46 bits per heavy atom. The van der Waals surface area contributed by atoms with E-state index in [-0.39, 0.29) is 17.5 Å². The molecule has 7 nitrogen and oxygen atoms in total. The number of aromatic carboxylic acids is 1. The molecule has 28 heavy (non-hydrogen) atoms. The average Bonchev–Trinajstić information content (AvgIpc) is 3.10. The maximum absolute atomic E-state index is 13.1. The van der Waals surface area contributed by atoms with Crippen molar-refractivity contribution in [3.63, 3.8) is 0 Å². The topological polar surface area (TPSA) is 88.4 Å². The number of ether oxygens (including phenoxy) is 2. The predicted molar refractivity (Wildman–Crippen MR) is 104 cm³/mol. The van der Waals surface area contributed by atoms with E-state index in [2.05, 4.69) is 4.99 Å². The molecule has 2 aliphatic heterocycles. The molecule has 1 atom stereocenters. The van der Waals surface area contributed by atoms with Crippen LogP contribution in [0.25, 0.3) is 5.57 Å². The number of carboxylic acids is 1. The average molecular weight is 378 g/mol. The van der Waals surface area contributed by atoms with E-state index in [4.69, 9.17) is 14.6 Å². The molecule has 4 rings (SSSR count). The van der Waals surface area contributed by atoms with Gasteiger partial charge in [0, 0.05) is 24.9 Å². The number of hydrogen-bond acceptors (Lipinski definition) is 5. The zero-order chi connectivity index (χ0) is 19.8. The Morgan fingerprint density at radius 1 is 1.14 bits per heavy atom. The minimum absolute atomic E-state index is 0.171. The van der Waals surface area contributed by atoms with Crippen molar-refractivity contribution in [3.8, 4) is 11.5 Å². The van der Waals surface area contributed by atoms with Gasteiger partial charge in [-0.25, -0.2) is 4.79 Å². The van der Waals surface area contributed by atoms with Gasteiger partial charge in [-0.1, -0.05) is 12.1 Å². The van der Waals surface area contributed by atoms with E-state index < -0.39 is 5.97 Å². The Hall–Kier alpha value is -3.61. The number of rotatable bonds is 4. The molecule has 2 heterocycles. The fourth-order valence-electron chi connectivity index (χ4n) is 3.44. The number of hydrogen-bond donors (Lipinski definition) is 1. The number of fused-ring (bicyclic) bond motifs is 2. The predicted octanol–water partition coefficient (Wildman–Crippen LogP) is 3.37. The molecule has 0 unspecified atom stereocenters. The van der Waals surface area contributed by atoms with Crippen molar-refractivity contribution in [2.24, 2.45) is 4.99 Å². The molecule has 0 aliphatic carbocycles. The number of aliphatic imine (C=N–C) groups is 1. The third-order valence-electron chi connectivity index (χ3n) is 4.94. The van der Waals surface area contributed by atoms with Crippen molar-refractivity contribution < 1.29 is 24.2 Å². The van der Waals surface area contributed by atoms with Crippen LogP contribution in [0.5, 0.6) is 11.5 Å². The minimum atomic E-state index is -0.968. The van der Waals surface area contributed by atoms with Gasteiger partial charge in [0.15, 0.2) is 11.5 Å². The molecule has 2 aromatic carbocycles. The van der Waals surface area contributed by atoms with Gasteiger partial charge in [0.2, 0.25) is 0 Å². The molecule has 1 amide bonds. The summed E-state index contributed by atoms with van der Waals surface area (Å²) in [7, 11) is 3.06. The second-order valence-corrected chi connectivity index (χ2v) is 6.52. The first-order valence-corrected chi connectivity index (χ1v) is 8.69. The first-order valence-electron chi connectivity index (χ1n) is 8.69. The zero-order valence-electron chi connectivity index (χ0n) is 15.4. The summed E-state index contributed by atoms with van der Waals surface area (Å²) in [6.45, 7) is 0. The van der Waals surface area contributed by atoms with Crippen LogP contribution in [0.4, 0.5) is 5.69 Å². The molecular formula is C21H18N2O5. The molecule has 2 aliphatic rings. The molecule has 1 N–H and O–H groups in total. The number of nitrogens with zero attached hydrogens (tertiary/aromatic N) is 2. The Balaban J connectivity index is 1.69. The van der Waals surface area contributed by atoms with Crippen molar-refractivity contribution >= 4 is 29.4 Å². The normalized spacial score (nSPS) is 17.5. The van der Waals surface area contributed by atoms with Gasteiger partial charge in [0.05, 0.1) is 37.1 Å². The van der Waals surface area contributed by atoms with Gasteiger partial charge >= 0.3 is 5.97 Å². The number of amides is 1. The number of carboxylic acid groups (broad SMARTS) is 1. The van der Waals surface area contributed by atoms with E-state index in [9.17, 15) is 9.59 Å². The van der Waals surface area contributed by atoms with E-state index in [1.165, 1.54) is 14.2 Å². The van der Waals surface area contributed by atoms with Gasteiger partial charge in [0.25, 0.3) is 5.91 Å². The van der Waals surface area contributed by atoms with Gasteiger partial charge in [0.1, 0.15) is 0 Å². The van der Waals surface area contributed by atoms with Gasteiger partial charge < -0.3 is 19.5 Å². The summed E-state index contributed by atoms with van der Waals surface area (Å²) < 4.78 is 10.6. The fourth-order valence-corrected chi connectivity index (χ4v) is 3.44. The second-order valence-electron chi connectivity index (χ2n) is 6.52. The Kier molecular flexibility index (Phi) is 4.35. The summed E-state index contributed by atoms with van der Waals surface area (Å²) in [5.41, 5.74) is 3.04. The summed E-state index contributed by atoms with van der Waals surface area (Å²) in [6.07, 6.45) is 4.16. The molecule has 0 saturated carbocycles. The molecule has 0 fully saturated rings. The van der Waals surface area contributed by atoms with Crippen molar-refractivity contribution in [1.29, 1.82) is 0 Å². The lowest BCUT2D eigenvalue weighted by Gasteiger charge is -2.18. The zero-order valence-corrected chi connectivity index (χ0v) is 15.4. The summed E-state index contributed by atoms with van der Waals surface area (Å²) in [5.74, 6) is -0.154. The Labute approximate surface area is 161 Å². The van der Waals surface area contributed by atoms with Crippen molar-refractivity contribution in [3.05, 3.63) is 59.3 Å². The lowest BCUT2D eigenvalue weighted by atomic mass is 10.0. The lowest BCUT2D eigenvalue weighted by Crippen LogP contribution is -2.32. The van der Waals surface area contributed by atoms with E-state index in [1.807, 2.05) is 0 Å². The SMILES string of the molecule is COc1cc2c(cc1OC)C(=O)N1C=C(c3ccc(C(=O)O)cc3)C[C@H]1C=N2. The van der Waals surface area contributed by atoms with Crippen LogP contribution in [-0.4, -0.2) is 48.4 Å². The van der Waals surface area contributed by atoms with Crippen LogP contribution in [0.3, 0.4) is 0 Å². The fraction of sp³-hybridized carbons (Fsp3) is 0.190. The summed E-state index contributed by atoms with van der Waals surface area (Å²) in [5, 5.41) is 9.04. The van der Waals surface area contributed by atoms with Crippen molar-refractivity contribution in [1.82, 2.24) is 4.90 Å². The van der Waals surface area contributed by atoms with Crippen LogP contribution in [0.2, 0.25) is 0 Å². The molecule has 7 heteroatoms. The van der Waals surface area contributed by atoms with Gasteiger partial charge in [-0.05, 0) is 29.3 Å². The van der Waals surface area contributed by atoms with E-state index in [0.717, 1.165) is 11.1 Å². The Bertz CT molecular complexity index is 1020. The van der Waals surface area contributed by atoms with Crippen LogP contribution in [0.1, 0.15) is 32.7 Å². The van der Waals surface area contributed by atoms with Crippen LogP contribution >= 0.6 is 0 Å². The van der Waals surface area contributed by atoms with Crippen molar-refractivity contribution in [2.75, 3.05) is 14.2 Å². The van der Waals surface area contributed by atoms with Gasteiger partial charge in [-0.15, -0.1) is 0 Å². The standard InChI is InChI=1S/C21H18N2O5/c1-27-18-8-16-17(9-19(18)28-2)22-10-15-7-14(11-23(15)20(16)24)12-3-5-13(6-4-12)21(25)26/h3-6,8-11,15H,7H2,1-2H3,(H,25,26)/t15-/m0/s1. The summed E-state index contributed by atoms with van der Waals surface area (Å²) in [6, 6.07) is 9.76. The largest absolute Gasteiger partial charge is 0.493 e. The molecule has 0 radical (unpaired) electrons. The lowest BCUT2D eigenvalue weighted by molar-refractivity contribution is 0.0696. The minimum Gasteiger partial charge on any atom is -0.493 e. The van der Waals surface area contributed by atoms with Gasteiger partial charge in [-0.3, -0.25) is 9.79 Å². The third kappa shape index (κ3) is 2.90. The van der Waals surface area contributed by atoms with Crippen molar-refractivity contribution in [2.45, 2.75) is 12.5 Å². The molecular weight excluding hydrogens is 360 g/mol. The maximum Gasteiger partial charge on any atom is 0.335 e. The summed E-state index contributed by atoms with van der Waals surface area (Å²) in [4.78, 5) is 30.3. The van der Waals surface area contributed by atoms with Crippen LogP contribution < -0.4 is 9.47 Å². The van der Waals surface area contributed by atoms with E-state index in [1.54, 1.807) is 53.7 Å². The molecule has 142 valence electrons.